The first-order valence-electron chi connectivity index (χ1n) is 5.01. The van der Waals surface area contributed by atoms with E-state index in [-0.39, 0.29) is 5.92 Å². The zero-order chi connectivity index (χ0) is 12.0. The molecule has 0 rings (SSSR count). The standard InChI is InChI=1S/C10H20N2O3/c1-8(2)7-12(6-5-11(3)4)9(13)10(14)15/h8H,5-7H2,1-4H3,(H,14,15). The van der Waals surface area contributed by atoms with E-state index in [0.717, 1.165) is 0 Å². The molecule has 0 aliphatic carbocycles. The Kier molecular flexibility index (Phi) is 5.93. The Labute approximate surface area is 90.7 Å². The van der Waals surface area contributed by atoms with Gasteiger partial charge in [-0.2, -0.15) is 0 Å². The van der Waals surface area contributed by atoms with Gasteiger partial charge in [0.25, 0.3) is 0 Å². The van der Waals surface area contributed by atoms with E-state index in [2.05, 4.69) is 0 Å². The molecule has 0 saturated carbocycles. The minimum absolute atomic E-state index is 0.274. The number of rotatable bonds is 5. The Balaban J connectivity index is 4.30. The van der Waals surface area contributed by atoms with Crippen LogP contribution in [0.3, 0.4) is 0 Å². The highest BCUT2D eigenvalue weighted by Crippen LogP contribution is 1.99. The lowest BCUT2D eigenvalue weighted by molar-refractivity contribution is -0.156. The van der Waals surface area contributed by atoms with Gasteiger partial charge in [-0.3, -0.25) is 4.79 Å². The largest absolute Gasteiger partial charge is 0.474 e. The van der Waals surface area contributed by atoms with Gasteiger partial charge in [-0.05, 0) is 20.0 Å². The molecule has 0 atom stereocenters. The van der Waals surface area contributed by atoms with Crippen LogP contribution in [-0.2, 0) is 9.59 Å². The molecule has 0 aliphatic heterocycles. The van der Waals surface area contributed by atoms with E-state index in [1.54, 1.807) is 0 Å². The molecule has 0 heterocycles. The van der Waals surface area contributed by atoms with Crippen LogP contribution >= 0.6 is 0 Å². The second kappa shape index (κ2) is 6.40. The molecule has 0 aliphatic rings. The van der Waals surface area contributed by atoms with Crippen LogP contribution in [0.25, 0.3) is 0 Å². The molecule has 1 N–H and O–H groups in total. The van der Waals surface area contributed by atoms with E-state index in [4.69, 9.17) is 5.11 Å². The molecule has 0 radical (unpaired) electrons. The van der Waals surface area contributed by atoms with Crippen molar-refractivity contribution in [2.45, 2.75) is 13.8 Å². The third kappa shape index (κ3) is 6.06. The smallest absolute Gasteiger partial charge is 0.394 e. The first-order valence-corrected chi connectivity index (χ1v) is 5.01. The second-order valence-electron chi connectivity index (χ2n) is 4.25. The van der Waals surface area contributed by atoms with Crippen LogP contribution in [0.2, 0.25) is 0 Å². The van der Waals surface area contributed by atoms with Gasteiger partial charge in [-0.15, -0.1) is 0 Å². The lowest BCUT2D eigenvalue weighted by Crippen LogP contribution is -2.42. The van der Waals surface area contributed by atoms with Crippen LogP contribution in [0.4, 0.5) is 0 Å². The van der Waals surface area contributed by atoms with E-state index in [9.17, 15) is 9.59 Å². The summed E-state index contributed by atoms with van der Waals surface area (Å²) in [7, 11) is 3.78. The number of aliphatic carboxylic acids is 1. The van der Waals surface area contributed by atoms with Gasteiger partial charge >= 0.3 is 11.9 Å². The Bertz CT molecular complexity index is 227. The summed E-state index contributed by atoms with van der Waals surface area (Å²) in [4.78, 5) is 25.2. The molecule has 0 aromatic rings. The number of carboxylic acids is 1. The summed E-state index contributed by atoms with van der Waals surface area (Å²) < 4.78 is 0. The van der Waals surface area contributed by atoms with Crippen LogP contribution in [-0.4, -0.2) is 60.5 Å². The fourth-order valence-corrected chi connectivity index (χ4v) is 1.17. The van der Waals surface area contributed by atoms with Crippen molar-refractivity contribution < 1.29 is 14.7 Å². The van der Waals surface area contributed by atoms with Gasteiger partial charge in [0.15, 0.2) is 0 Å². The van der Waals surface area contributed by atoms with Crippen molar-refractivity contribution in [2.75, 3.05) is 33.7 Å². The van der Waals surface area contributed by atoms with Crippen molar-refractivity contribution >= 4 is 11.9 Å². The molecule has 5 nitrogen and oxygen atoms in total. The molecule has 0 fully saturated rings. The summed E-state index contributed by atoms with van der Waals surface area (Å²) in [5, 5.41) is 8.63. The van der Waals surface area contributed by atoms with Gasteiger partial charge in [0.05, 0.1) is 0 Å². The molecule has 5 heteroatoms. The molecule has 1 amide bonds. The van der Waals surface area contributed by atoms with Gasteiger partial charge in [-0.1, -0.05) is 13.8 Å². The average Bonchev–Trinajstić information content (AvgIpc) is 2.10. The van der Waals surface area contributed by atoms with Crippen LogP contribution in [0, 0.1) is 5.92 Å². The first kappa shape index (κ1) is 13.9. The molecule has 0 aromatic heterocycles. The number of carbonyl (C=O) groups excluding carboxylic acids is 1. The number of carboxylic acid groups (broad SMARTS) is 1. The molecule has 0 spiro atoms. The highest BCUT2D eigenvalue weighted by atomic mass is 16.4. The Hall–Kier alpha value is -1.10. The van der Waals surface area contributed by atoms with Crippen LogP contribution in [0.5, 0.6) is 0 Å². The van der Waals surface area contributed by atoms with Gasteiger partial charge in [0.1, 0.15) is 0 Å². The highest BCUT2D eigenvalue weighted by Gasteiger charge is 2.21. The van der Waals surface area contributed by atoms with Crippen molar-refractivity contribution in [1.29, 1.82) is 0 Å². The Morgan fingerprint density at radius 1 is 1.20 bits per heavy atom. The maximum Gasteiger partial charge on any atom is 0.394 e. The quantitative estimate of drug-likeness (QED) is 0.663. The highest BCUT2D eigenvalue weighted by molar-refractivity contribution is 6.31. The van der Waals surface area contributed by atoms with E-state index >= 15 is 0 Å². The Morgan fingerprint density at radius 2 is 1.73 bits per heavy atom. The number of hydrogen-bond donors (Lipinski definition) is 1. The van der Waals surface area contributed by atoms with Crippen molar-refractivity contribution in [2.24, 2.45) is 5.92 Å². The second-order valence-corrected chi connectivity index (χ2v) is 4.25. The monoisotopic (exact) mass is 216 g/mol. The molecule has 0 aromatic carbocycles. The third-order valence-corrected chi connectivity index (χ3v) is 1.87. The summed E-state index contributed by atoms with van der Waals surface area (Å²) in [6.07, 6.45) is 0. The van der Waals surface area contributed by atoms with E-state index < -0.39 is 11.9 Å². The molecule has 0 bridgehead atoms. The summed E-state index contributed by atoms with van der Waals surface area (Å²) in [6, 6.07) is 0. The molecular formula is C10H20N2O3. The minimum atomic E-state index is -1.38. The lowest BCUT2D eigenvalue weighted by atomic mass is 10.2. The predicted octanol–water partition coefficient (Wildman–Crippen LogP) is 0.117. The van der Waals surface area contributed by atoms with E-state index in [1.165, 1.54) is 4.90 Å². The zero-order valence-electron chi connectivity index (χ0n) is 9.86. The third-order valence-electron chi connectivity index (χ3n) is 1.87. The fourth-order valence-electron chi connectivity index (χ4n) is 1.17. The molecule has 0 saturated heterocycles. The normalized spacial score (nSPS) is 10.8. The SMILES string of the molecule is CC(C)CN(CCN(C)C)C(=O)C(=O)O. The number of amides is 1. The minimum Gasteiger partial charge on any atom is -0.474 e. The van der Waals surface area contributed by atoms with Crippen molar-refractivity contribution in [3.8, 4) is 0 Å². The van der Waals surface area contributed by atoms with Gasteiger partial charge in [-0.25, -0.2) is 4.79 Å². The fraction of sp³-hybridized carbons (Fsp3) is 0.800. The van der Waals surface area contributed by atoms with Crippen LogP contribution in [0.1, 0.15) is 13.8 Å². The molecular weight excluding hydrogens is 196 g/mol. The van der Waals surface area contributed by atoms with Crippen LogP contribution < -0.4 is 0 Å². The number of nitrogens with zero attached hydrogens (tertiary/aromatic N) is 2. The van der Waals surface area contributed by atoms with Gasteiger partial charge in [0, 0.05) is 19.6 Å². The van der Waals surface area contributed by atoms with Gasteiger partial charge < -0.3 is 14.9 Å². The molecule has 0 unspecified atom stereocenters. The van der Waals surface area contributed by atoms with Crippen molar-refractivity contribution in [1.82, 2.24) is 9.80 Å². The topological polar surface area (TPSA) is 60.9 Å². The lowest BCUT2D eigenvalue weighted by Gasteiger charge is -2.24. The Morgan fingerprint density at radius 3 is 2.07 bits per heavy atom. The van der Waals surface area contributed by atoms with Crippen molar-refractivity contribution in [3.63, 3.8) is 0 Å². The van der Waals surface area contributed by atoms with Gasteiger partial charge in [0.2, 0.25) is 0 Å². The molecule has 88 valence electrons. The van der Waals surface area contributed by atoms with E-state index in [0.29, 0.717) is 19.6 Å². The predicted molar refractivity (Wildman–Crippen MR) is 57.6 cm³/mol. The van der Waals surface area contributed by atoms with Crippen LogP contribution in [0.15, 0.2) is 0 Å². The number of likely N-dealkylation sites (N-methyl/N-ethyl adjacent to an activating group) is 1. The number of carbonyl (C=O) groups is 2. The van der Waals surface area contributed by atoms with E-state index in [1.807, 2.05) is 32.8 Å². The summed E-state index contributed by atoms with van der Waals surface area (Å²) in [5.41, 5.74) is 0. The van der Waals surface area contributed by atoms with Crippen molar-refractivity contribution in [3.05, 3.63) is 0 Å². The summed E-state index contributed by atoms with van der Waals surface area (Å²) in [6.45, 7) is 5.52. The zero-order valence-corrected chi connectivity index (χ0v) is 9.86. The number of hydrogen-bond acceptors (Lipinski definition) is 3. The average molecular weight is 216 g/mol. The molecule has 15 heavy (non-hydrogen) atoms. The maximum atomic E-state index is 11.3. The maximum absolute atomic E-state index is 11.3. The first-order chi connectivity index (χ1) is 6.84. The summed E-state index contributed by atoms with van der Waals surface area (Å²) in [5.74, 6) is -1.92. The summed E-state index contributed by atoms with van der Waals surface area (Å²) >= 11 is 0.